The Labute approximate surface area is 108 Å². The van der Waals surface area contributed by atoms with E-state index in [1.807, 2.05) is 19.2 Å². The normalized spacial score (nSPS) is 23.6. The first kappa shape index (κ1) is 12.9. The third kappa shape index (κ3) is 2.48. The average Bonchev–Trinajstić information content (AvgIpc) is 2.39. The number of ether oxygens (including phenoxy) is 1. The van der Waals surface area contributed by atoms with Crippen LogP contribution in [0.25, 0.3) is 0 Å². The molecule has 1 unspecified atom stereocenters. The van der Waals surface area contributed by atoms with Crippen molar-refractivity contribution in [1.82, 2.24) is 10.6 Å². The van der Waals surface area contributed by atoms with E-state index in [0.717, 1.165) is 25.3 Å². The van der Waals surface area contributed by atoms with Gasteiger partial charge in [-0.25, -0.2) is 0 Å². The lowest BCUT2D eigenvalue weighted by Gasteiger charge is -2.37. The summed E-state index contributed by atoms with van der Waals surface area (Å²) in [6, 6.07) is 8.04. The van der Waals surface area contributed by atoms with E-state index in [1.54, 1.807) is 7.11 Å². The van der Waals surface area contributed by atoms with E-state index in [4.69, 9.17) is 4.74 Å². The summed E-state index contributed by atoms with van der Waals surface area (Å²) >= 11 is 0. The summed E-state index contributed by atoms with van der Waals surface area (Å²) < 4.78 is 5.18. The first-order chi connectivity index (χ1) is 8.70. The standard InChI is InChI=1S/C14H20N2O2/c1-15-10-14(7-8-16-13(17)9-14)11-3-5-12(18-2)6-4-11/h3-6,15H,7-10H2,1-2H3,(H,16,17). The first-order valence-corrected chi connectivity index (χ1v) is 6.26. The largest absolute Gasteiger partial charge is 0.497 e. The Hall–Kier alpha value is -1.55. The van der Waals surface area contributed by atoms with Crippen molar-refractivity contribution in [3.05, 3.63) is 29.8 Å². The number of hydrogen-bond acceptors (Lipinski definition) is 3. The predicted molar refractivity (Wildman–Crippen MR) is 70.8 cm³/mol. The van der Waals surface area contributed by atoms with Crippen molar-refractivity contribution in [3.63, 3.8) is 0 Å². The smallest absolute Gasteiger partial charge is 0.220 e. The van der Waals surface area contributed by atoms with Gasteiger partial charge < -0.3 is 15.4 Å². The van der Waals surface area contributed by atoms with Crippen LogP contribution < -0.4 is 15.4 Å². The topological polar surface area (TPSA) is 50.4 Å². The molecule has 1 aromatic rings. The Morgan fingerprint density at radius 3 is 2.67 bits per heavy atom. The minimum absolute atomic E-state index is 0.0939. The van der Waals surface area contributed by atoms with Crippen molar-refractivity contribution in [2.75, 3.05) is 27.2 Å². The van der Waals surface area contributed by atoms with Crippen molar-refractivity contribution in [1.29, 1.82) is 0 Å². The molecule has 0 aromatic heterocycles. The Morgan fingerprint density at radius 2 is 2.11 bits per heavy atom. The number of amides is 1. The minimum Gasteiger partial charge on any atom is -0.497 e. The van der Waals surface area contributed by atoms with E-state index >= 15 is 0 Å². The number of likely N-dealkylation sites (N-methyl/N-ethyl adjacent to an activating group) is 1. The second-order valence-corrected chi connectivity index (χ2v) is 4.82. The summed E-state index contributed by atoms with van der Waals surface area (Å²) in [7, 11) is 3.59. The van der Waals surface area contributed by atoms with Crippen LogP contribution in [0.15, 0.2) is 24.3 Å². The molecule has 4 heteroatoms. The molecule has 1 saturated heterocycles. The fraction of sp³-hybridized carbons (Fsp3) is 0.500. The van der Waals surface area contributed by atoms with Crippen molar-refractivity contribution in [2.24, 2.45) is 0 Å². The number of piperidine rings is 1. The van der Waals surface area contributed by atoms with Crippen LogP contribution in [0.2, 0.25) is 0 Å². The second kappa shape index (κ2) is 5.40. The fourth-order valence-corrected chi connectivity index (χ4v) is 2.68. The molecule has 2 N–H and O–H groups in total. The van der Waals surface area contributed by atoms with Gasteiger partial charge in [-0.15, -0.1) is 0 Å². The van der Waals surface area contributed by atoms with Crippen LogP contribution in [0.3, 0.4) is 0 Å². The number of carbonyl (C=O) groups excluding carboxylic acids is 1. The zero-order valence-corrected chi connectivity index (χ0v) is 11.0. The maximum Gasteiger partial charge on any atom is 0.220 e. The Morgan fingerprint density at radius 1 is 1.39 bits per heavy atom. The molecule has 98 valence electrons. The molecule has 1 atom stereocenters. The van der Waals surface area contributed by atoms with Crippen LogP contribution in [0, 0.1) is 0 Å². The van der Waals surface area contributed by atoms with Crippen molar-refractivity contribution >= 4 is 5.91 Å². The zero-order chi connectivity index (χ0) is 13.0. The van der Waals surface area contributed by atoms with Crippen LogP contribution in [0.1, 0.15) is 18.4 Å². The van der Waals surface area contributed by atoms with E-state index in [0.29, 0.717) is 6.42 Å². The van der Waals surface area contributed by atoms with E-state index in [1.165, 1.54) is 5.56 Å². The van der Waals surface area contributed by atoms with Gasteiger partial charge in [0.1, 0.15) is 5.75 Å². The van der Waals surface area contributed by atoms with E-state index in [9.17, 15) is 4.79 Å². The molecule has 0 saturated carbocycles. The number of hydrogen-bond donors (Lipinski definition) is 2. The highest BCUT2D eigenvalue weighted by Gasteiger charge is 2.36. The lowest BCUT2D eigenvalue weighted by molar-refractivity contribution is -0.124. The lowest BCUT2D eigenvalue weighted by Crippen LogP contribution is -2.48. The molecule has 0 aliphatic carbocycles. The molecule has 1 fully saturated rings. The van der Waals surface area contributed by atoms with Gasteiger partial charge in [-0.05, 0) is 31.2 Å². The third-order valence-corrected chi connectivity index (χ3v) is 3.64. The van der Waals surface area contributed by atoms with Crippen molar-refractivity contribution in [2.45, 2.75) is 18.3 Å². The second-order valence-electron chi connectivity index (χ2n) is 4.82. The molecule has 1 aliphatic heterocycles. The summed E-state index contributed by atoms with van der Waals surface area (Å²) in [5.74, 6) is 0.978. The van der Waals surface area contributed by atoms with Gasteiger partial charge in [0.2, 0.25) is 5.91 Å². The molecule has 4 nitrogen and oxygen atoms in total. The van der Waals surface area contributed by atoms with Gasteiger partial charge in [-0.1, -0.05) is 12.1 Å². The predicted octanol–water partition coefficient (Wildman–Crippen LogP) is 1.06. The maximum atomic E-state index is 11.7. The zero-order valence-electron chi connectivity index (χ0n) is 11.0. The maximum absolute atomic E-state index is 11.7. The molecule has 1 aromatic carbocycles. The molecule has 2 rings (SSSR count). The Bertz CT molecular complexity index is 412. The SMILES string of the molecule is CNCC1(c2ccc(OC)cc2)CCNC(=O)C1. The summed E-state index contributed by atoms with van der Waals surface area (Å²) in [5, 5.41) is 6.11. The number of rotatable bonds is 4. The number of nitrogens with one attached hydrogen (secondary N) is 2. The van der Waals surface area contributed by atoms with Gasteiger partial charge >= 0.3 is 0 Å². The van der Waals surface area contributed by atoms with Gasteiger partial charge in [-0.3, -0.25) is 4.79 Å². The molecule has 0 bridgehead atoms. The van der Waals surface area contributed by atoms with Crippen LogP contribution in [0.5, 0.6) is 5.75 Å². The fourth-order valence-electron chi connectivity index (χ4n) is 2.68. The Kier molecular flexibility index (Phi) is 3.87. The number of carbonyl (C=O) groups is 1. The van der Waals surface area contributed by atoms with E-state index in [2.05, 4.69) is 22.8 Å². The van der Waals surface area contributed by atoms with Crippen LogP contribution in [-0.4, -0.2) is 33.2 Å². The van der Waals surface area contributed by atoms with Gasteiger partial charge in [0.25, 0.3) is 0 Å². The molecule has 0 spiro atoms. The first-order valence-electron chi connectivity index (χ1n) is 6.26. The van der Waals surface area contributed by atoms with Crippen molar-refractivity contribution in [3.8, 4) is 5.75 Å². The van der Waals surface area contributed by atoms with Gasteiger partial charge in [0.05, 0.1) is 7.11 Å². The van der Waals surface area contributed by atoms with Crippen LogP contribution in [-0.2, 0) is 10.2 Å². The molecular formula is C14H20N2O2. The van der Waals surface area contributed by atoms with E-state index < -0.39 is 0 Å². The summed E-state index contributed by atoms with van der Waals surface area (Å²) in [4.78, 5) is 11.7. The van der Waals surface area contributed by atoms with Crippen molar-refractivity contribution < 1.29 is 9.53 Å². The van der Waals surface area contributed by atoms with Gasteiger partial charge in [-0.2, -0.15) is 0 Å². The lowest BCUT2D eigenvalue weighted by atomic mass is 9.73. The van der Waals surface area contributed by atoms with E-state index in [-0.39, 0.29) is 11.3 Å². The monoisotopic (exact) mass is 248 g/mol. The summed E-state index contributed by atoms with van der Waals surface area (Å²) in [5.41, 5.74) is 1.11. The highest BCUT2D eigenvalue weighted by atomic mass is 16.5. The number of methoxy groups -OCH3 is 1. The van der Waals surface area contributed by atoms with Gasteiger partial charge in [0, 0.05) is 24.9 Å². The highest BCUT2D eigenvalue weighted by Crippen LogP contribution is 2.34. The van der Waals surface area contributed by atoms with Gasteiger partial charge in [0.15, 0.2) is 0 Å². The van der Waals surface area contributed by atoms with Crippen LogP contribution in [0.4, 0.5) is 0 Å². The Balaban J connectivity index is 2.30. The number of benzene rings is 1. The minimum atomic E-state index is -0.0939. The quantitative estimate of drug-likeness (QED) is 0.838. The molecular weight excluding hydrogens is 228 g/mol. The molecule has 0 radical (unpaired) electrons. The summed E-state index contributed by atoms with van der Waals surface area (Å²) in [6.45, 7) is 1.55. The molecule has 1 heterocycles. The average molecular weight is 248 g/mol. The highest BCUT2D eigenvalue weighted by molar-refractivity contribution is 5.78. The molecule has 18 heavy (non-hydrogen) atoms. The molecule has 1 aliphatic rings. The third-order valence-electron chi connectivity index (χ3n) is 3.64. The summed E-state index contributed by atoms with van der Waals surface area (Å²) in [6.07, 6.45) is 1.51. The van der Waals surface area contributed by atoms with Crippen LogP contribution >= 0.6 is 0 Å². The molecule has 1 amide bonds.